The molecule has 1 aliphatic heterocycles. The van der Waals surface area contributed by atoms with Gasteiger partial charge in [-0.05, 0) is 41.8 Å². The third-order valence-electron chi connectivity index (χ3n) is 5.51. The number of carbonyl (C=O) groups excluding carboxylic acids is 1. The first-order valence-corrected chi connectivity index (χ1v) is 10.8. The predicted molar refractivity (Wildman–Crippen MR) is 117 cm³/mol. The summed E-state index contributed by atoms with van der Waals surface area (Å²) in [6, 6.07) is 16.2. The van der Waals surface area contributed by atoms with Gasteiger partial charge in [-0.2, -0.15) is 0 Å². The van der Waals surface area contributed by atoms with E-state index in [1.807, 2.05) is 36.1 Å². The fraction of sp³-hybridized carbons (Fsp3) is 0.435. The SMILES string of the molecule is CCC[C@H](C)C(=O)N1CCN(C(c2ccc(Cl)cc2)c2ccc(Cl)cc2)CC1. The number of piperazine rings is 1. The zero-order valence-corrected chi connectivity index (χ0v) is 18.1. The van der Waals surface area contributed by atoms with Crippen molar-refractivity contribution in [3.8, 4) is 0 Å². The zero-order chi connectivity index (χ0) is 20.1. The topological polar surface area (TPSA) is 23.6 Å². The lowest BCUT2D eigenvalue weighted by Crippen LogP contribution is -2.51. The number of hydrogen-bond donors (Lipinski definition) is 0. The quantitative estimate of drug-likeness (QED) is 0.603. The van der Waals surface area contributed by atoms with Crippen LogP contribution in [0.1, 0.15) is 43.9 Å². The zero-order valence-electron chi connectivity index (χ0n) is 16.6. The fourth-order valence-corrected chi connectivity index (χ4v) is 4.22. The molecule has 0 N–H and O–H groups in total. The summed E-state index contributed by atoms with van der Waals surface area (Å²) >= 11 is 12.2. The van der Waals surface area contributed by atoms with E-state index in [0.29, 0.717) is 0 Å². The number of carbonyl (C=O) groups is 1. The van der Waals surface area contributed by atoms with E-state index < -0.39 is 0 Å². The van der Waals surface area contributed by atoms with E-state index in [1.165, 1.54) is 11.1 Å². The van der Waals surface area contributed by atoms with Crippen LogP contribution in [0.2, 0.25) is 10.0 Å². The Morgan fingerprint density at radius 2 is 1.36 bits per heavy atom. The minimum Gasteiger partial charge on any atom is -0.340 e. The molecular weight excluding hydrogens is 391 g/mol. The molecule has 0 saturated carbocycles. The van der Waals surface area contributed by atoms with Gasteiger partial charge in [0.1, 0.15) is 0 Å². The Bertz CT molecular complexity index is 723. The van der Waals surface area contributed by atoms with Gasteiger partial charge in [0.15, 0.2) is 0 Å². The Labute approximate surface area is 178 Å². The average molecular weight is 419 g/mol. The monoisotopic (exact) mass is 418 g/mol. The van der Waals surface area contributed by atoms with Gasteiger partial charge in [-0.15, -0.1) is 0 Å². The van der Waals surface area contributed by atoms with E-state index in [-0.39, 0.29) is 17.9 Å². The summed E-state index contributed by atoms with van der Waals surface area (Å²) in [5.74, 6) is 0.399. The first-order chi connectivity index (χ1) is 13.5. The Morgan fingerprint density at radius 1 is 0.893 bits per heavy atom. The molecular formula is C23H28Cl2N2O. The number of nitrogens with zero attached hydrogens (tertiary/aromatic N) is 2. The summed E-state index contributed by atoms with van der Waals surface area (Å²) in [4.78, 5) is 17.1. The molecule has 1 atom stereocenters. The lowest BCUT2D eigenvalue weighted by Gasteiger charge is -2.40. The van der Waals surface area contributed by atoms with Crippen LogP contribution >= 0.6 is 23.2 Å². The molecule has 0 aromatic heterocycles. The summed E-state index contributed by atoms with van der Waals surface area (Å²) in [5, 5.41) is 1.47. The van der Waals surface area contributed by atoms with E-state index in [4.69, 9.17) is 23.2 Å². The molecule has 0 bridgehead atoms. The molecule has 3 rings (SSSR count). The minimum atomic E-state index is 0.111. The van der Waals surface area contributed by atoms with E-state index in [9.17, 15) is 4.79 Å². The standard InChI is InChI=1S/C23H28Cl2N2O/c1-3-4-17(2)23(28)27-15-13-26(14-16-27)22(18-5-9-20(24)10-6-18)19-7-11-21(25)12-8-19/h5-12,17,22H,3-4,13-16H2,1-2H3/t17-/m0/s1. The number of benzene rings is 2. The van der Waals surface area contributed by atoms with Gasteiger partial charge in [0, 0.05) is 42.1 Å². The van der Waals surface area contributed by atoms with Crippen LogP contribution in [0.4, 0.5) is 0 Å². The number of halogens is 2. The van der Waals surface area contributed by atoms with Gasteiger partial charge in [0.05, 0.1) is 6.04 Å². The molecule has 150 valence electrons. The Morgan fingerprint density at radius 3 is 1.79 bits per heavy atom. The average Bonchev–Trinajstić information content (AvgIpc) is 2.71. The molecule has 5 heteroatoms. The van der Waals surface area contributed by atoms with Crippen LogP contribution in [0, 0.1) is 5.92 Å². The van der Waals surface area contributed by atoms with Crippen molar-refractivity contribution < 1.29 is 4.79 Å². The van der Waals surface area contributed by atoms with Crippen LogP contribution in [0.3, 0.4) is 0 Å². The number of amides is 1. The molecule has 0 spiro atoms. The lowest BCUT2D eigenvalue weighted by atomic mass is 9.96. The van der Waals surface area contributed by atoms with Crippen molar-refractivity contribution >= 4 is 29.1 Å². The highest BCUT2D eigenvalue weighted by molar-refractivity contribution is 6.30. The van der Waals surface area contributed by atoms with Gasteiger partial charge in [0.25, 0.3) is 0 Å². The molecule has 1 amide bonds. The van der Waals surface area contributed by atoms with Crippen LogP contribution in [-0.4, -0.2) is 41.9 Å². The van der Waals surface area contributed by atoms with Crippen LogP contribution < -0.4 is 0 Å². The van der Waals surface area contributed by atoms with Crippen molar-refractivity contribution in [1.82, 2.24) is 9.80 Å². The first-order valence-electron chi connectivity index (χ1n) is 10.0. The Kier molecular flexibility index (Phi) is 7.39. The molecule has 28 heavy (non-hydrogen) atoms. The number of hydrogen-bond acceptors (Lipinski definition) is 2. The second-order valence-corrected chi connectivity index (χ2v) is 8.43. The van der Waals surface area contributed by atoms with E-state index >= 15 is 0 Å². The van der Waals surface area contributed by atoms with Crippen LogP contribution in [0.25, 0.3) is 0 Å². The first kappa shape index (κ1) is 21.2. The molecule has 1 aliphatic rings. The molecule has 0 unspecified atom stereocenters. The van der Waals surface area contributed by atoms with Crippen LogP contribution in [0.15, 0.2) is 48.5 Å². The maximum Gasteiger partial charge on any atom is 0.225 e. The fourth-order valence-electron chi connectivity index (χ4n) is 3.97. The van der Waals surface area contributed by atoms with Crippen molar-refractivity contribution in [3.05, 3.63) is 69.7 Å². The molecule has 0 radical (unpaired) electrons. The summed E-state index contributed by atoms with van der Waals surface area (Å²) in [6.45, 7) is 7.41. The summed E-state index contributed by atoms with van der Waals surface area (Å²) in [7, 11) is 0. The largest absolute Gasteiger partial charge is 0.340 e. The summed E-state index contributed by atoms with van der Waals surface area (Å²) in [6.07, 6.45) is 2.00. The Balaban J connectivity index is 1.77. The molecule has 1 fully saturated rings. The Hall–Kier alpha value is -1.55. The second-order valence-electron chi connectivity index (χ2n) is 7.56. The predicted octanol–water partition coefficient (Wildman–Crippen LogP) is 5.66. The summed E-state index contributed by atoms with van der Waals surface area (Å²) in [5.41, 5.74) is 2.40. The highest BCUT2D eigenvalue weighted by atomic mass is 35.5. The second kappa shape index (κ2) is 9.78. The highest BCUT2D eigenvalue weighted by Gasteiger charge is 2.29. The molecule has 0 aliphatic carbocycles. The van der Waals surface area contributed by atoms with Gasteiger partial charge < -0.3 is 4.90 Å². The molecule has 1 saturated heterocycles. The van der Waals surface area contributed by atoms with Crippen molar-refractivity contribution in [3.63, 3.8) is 0 Å². The van der Waals surface area contributed by atoms with Gasteiger partial charge in [-0.1, -0.05) is 67.7 Å². The third kappa shape index (κ3) is 5.08. The molecule has 3 nitrogen and oxygen atoms in total. The van der Waals surface area contributed by atoms with Gasteiger partial charge in [-0.25, -0.2) is 0 Å². The minimum absolute atomic E-state index is 0.111. The van der Waals surface area contributed by atoms with Gasteiger partial charge >= 0.3 is 0 Å². The molecule has 2 aromatic carbocycles. The maximum absolute atomic E-state index is 12.7. The highest BCUT2D eigenvalue weighted by Crippen LogP contribution is 2.31. The third-order valence-corrected chi connectivity index (χ3v) is 6.01. The summed E-state index contributed by atoms with van der Waals surface area (Å²) < 4.78 is 0. The van der Waals surface area contributed by atoms with Crippen molar-refractivity contribution in [1.29, 1.82) is 0 Å². The van der Waals surface area contributed by atoms with Crippen molar-refractivity contribution in [2.24, 2.45) is 5.92 Å². The smallest absolute Gasteiger partial charge is 0.225 e. The maximum atomic E-state index is 12.7. The van der Waals surface area contributed by atoms with Gasteiger partial charge in [0.2, 0.25) is 5.91 Å². The van der Waals surface area contributed by atoms with Crippen molar-refractivity contribution in [2.75, 3.05) is 26.2 Å². The van der Waals surface area contributed by atoms with Crippen LogP contribution in [0.5, 0.6) is 0 Å². The van der Waals surface area contributed by atoms with Crippen LogP contribution in [-0.2, 0) is 4.79 Å². The van der Waals surface area contributed by atoms with Crippen molar-refractivity contribution in [2.45, 2.75) is 32.7 Å². The number of rotatable bonds is 6. The normalized spacial score (nSPS) is 16.4. The van der Waals surface area contributed by atoms with E-state index in [1.54, 1.807) is 0 Å². The van der Waals surface area contributed by atoms with E-state index in [2.05, 4.69) is 36.1 Å². The van der Waals surface area contributed by atoms with Gasteiger partial charge in [-0.3, -0.25) is 9.69 Å². The molecule has 2 aromatic rings. The molecule has 1 heterocycles. The van der Waals surface area contributed by atoms with E-state index in [0.717, 1.165) is 49.1 Å². The lowest BCUT2D eigenvalue weighted by molar-refractivity contribution is -0.137.